The number of Topliss-reactive ketones (excluding diaryl/α,β-unsaturated/α-hetero) is 1. The van der Waals surface area contributed by atoms with Crippen molar-refractivity contribution in [1.29, 1.82) is 0 Å². The lowest BCUT2D eigenvalue weighted by Crippen LogP contribution is -2.29. The normalized spacial score (nSPS) is 17.5. The van der Waals surface area contributed by atoms with Gasteiger partial charge in [-0.1, -0.05) is 30.3 Å². The number of hydrogen-bond acceptors (Lipinski definition) is 7. The van der Waals surface area contributed by atoms with E-state index in [1.54, 1.807) is 42.5 Å². The number of aliphatic hydroxyl groups is 1. The van der Waals surface area contributed by atoms with Gasteiger partial charge in [-0.05, 0) is 42.0 Å². The van der Waals surface area contributed by atoms with Gasteiger partial charge in [-0.25, -0.2) is 13.6 Å². The van der Waals surface area contributed by atoms with Gasteiger partial charge in [-0.2, -0.15) is 0 Å². The molecule has 3 N–H and O–H groups in total. The van der Waals surface area contributed by atoms with Crippen LogP contribution in [0.1, 0.15) is 17.2 Å². The minimum Gasteiger partial charge on any atom is -0.507 e. The first-order valence-electron chi connectivity index (χ1n) is 10.4. The molecule has 1 aliphatic rings. The molecule has 180 valence electrons. The van der Waals surface area contributed by atoms with Gasteiger partial charge in [0.15, 0.2) is 0 Å². The molecule has 0 bridgehead atoms. The molecule has 1 saturated heterocycles. The monoisotopic (exact) mass is 494 g/mol. The summed E-state index contributed by atoms with van der Waals surface area (Å²) in [4.78, 5) is 27.5. The molecule has 0 spiro atoms. The van der Waals surface area contributed by atoms with E-state index >= 15 is 0 Å². The Morgan fingerprint density at radius 1 is 0.943 bits per heavy atom. The summed E-state index contributed by atoms with van der Waals surface area (Å²) in [5.74, 6) is -1.47. The highest BCUT2D eigenvalue weighted by molar-refractivity contribution is 7.89. The van der Waals surface area contributed by atoms with Gasteiger partial charge in [0.25, 0.3) is 11.7 Å². The van der Waals surface area contributed by atoms with Gasteiger partial charge in [0.2, 0.25) is 10.0 Å². The Balaban J connectivity index is 1.93. The van der Waals surface area contributed by atoms with Crippen LogP contribution in [-0.4, -0.2) is 39.4 Å². The largest absolute Gasteiger partial charge is 0.507 e. The zero-order chi connectivity index (χ0) is 25.3. The number of amides is 1. The molecule has 3 aromatic carbocycles. The molecule has 10 heteroatoms. The van der Waals surface area contributed by atoms with Crippen LogP contribution in [0.5, 0.6) is 11.5 Å². The third-order valence-electron chi connectivity index (χ3n) is 5.67. The molecule has 1 atom stereocenters. The van der Waals surface area contributed by atoms with Gasteiger partial charge in [0.1, 0.15) is 17.3 Å². The average Bonchev–Trinajstić information content (AvgIpc) is 3.13. The number of anilines is 1. The van der Waals surface area contributed by atoms with Gasteiger partial charge >= 0.3 is 0 Å². The maximum absolute atomic E-state index is 13.2. The number of ketones is 1. The number of rotatable bonds is 6. The van der Waals surface area contributed by atoms with E-state index in [9.17, 15) is 23.1 Å². The lowest BCUT2D eigenvalue weighted by atomic mass is 9.95. The summed E-state index contributed by atoms with van der Waals surface area (Å²) in [5.41, 5.74) is 0.891. The van der Waals surface area contributed by atoms with Crippen molar-refractivity contribution in [2.45, 2.75) is 10.9 Å². The summed E-state index contributed by atoms with van der Waals surface area (Å²) in [7, 11) is -1.06. The highest BCUT2D eigenvalue weighted by atomic mass is 32.2. The highest BCUT2D eigenvalue weighted by Crippen LogP contribution is 2.43. The molecule has 9 nitrogen and oxygen atoms in total. The van der Waals surface area contributed by atoms with Gasteiger partial charge in [-0.3, -0.25) is 14.5 Å². The minimum atomic E-state index is -3.95. The predicted molar refractivity (Wildman–Crippen MR) is 129 cm³/mol. The topological polar surface area (TPSA) is 136 Å². The van der Waals surface area contributed by atoms with E-state index in [0.717, 1.165) is 0 Å². The molecule has 1 aliphatic heterocycles. The van der Waals surface area contributed by atoms with E-state index in [0.29, 0.717) is 11.3 Å². The van der Waals surface area contributed by atoms with Crippen LogP contribution in [0.3, 0.4) is 0 Å². The first kappa shape index (κ1) is 24.0. The Bertz CT molecular complexity index is 1430. The minimum absolute atomic E-state index is 0.139. The van der Waals surface area contributed by atoms with Crippen molar-refractivity contribution >= 4 is 33.2 Å². The smallest absolute Gasteiger partial charge is 0.300 e. The third-order valence-corrected chi connectivity index (χ3v) is 6.60. The number of methoxy groups -OCH3 is 2. The summed E-state index contributed by atoms with van der Waals surface area (Å²) in [6, 6.07) is 17.7. The summed E-state index contributed by atoms with van der Waals surface area (Å²) in [6.07, 6.45) is 0. The van der Waals surface area contributed by atoms with Crippen molar-refractivity contribution in [1.82, 2.24) is 0 Å². The van der Waals surface area contributed by atoms with Crippen molar-refractivity contribution < 1.29 is 32.6 Å². The Kier molecular flexibility index (Phi) is 6.33. The maximum atomic E-state index is 13.2. The Hall–Kier alpha value is -4.15. The first-order chi connectivity index (χ1) is 16.7. The van der Waals surface area contributed by atoms with E-state index in [1.807, 2.05) is 0 Å². The van der Waals surface area contributed by atoms with Gasteiger partial charge in [-0.15, -0.1) is 0 Å². The second-order valence-corrected chi connectivity index (χ2v) is 9.25. The Morgan fingerprint density at radius 2 is 1.60 bits per heavy atom. The lowest BCUT2D eigenvalue weighted by molar-refractivity contribution is -0.132. The number of hydrogen-bond donors (Lipinski definition) is 2. The molecule has 3 aromatic rings. The van der Waals surface area contributed by atoms with Crippen molar-refractivity contribution in [2.24, 2.45) is 5.14 Å². The zero-order valence-electron chi connectivity index (χ0n) is 18.8. The molecule has 1 fully saturated rings. The van der Waals surface area contributed by atoms with Crippen molar-refractivity contribution in [3.05, 3.63) is 89.5 Å². The van der Waals surface area contributed by atoms with Crippen molar-refractivity contribution in [3.8, 4) is 11.5 Å². The molecule has 1 unspecified atom stereocenters. The number of nitrogens with zero attached hydrogens (tertiary/aromatic N) is 1. The van der Waals surface area contributed by atoms with Crippen LogP contribution in [0.15, 0.2) is 83.3 Å². The third kappa shape index (κ3) is 4.36. The van der Waals surface area contributed by atoms with Crippen molar-refractivity contribution in [2.75, 3.05) is 19.1 Å². The molecule has 0 saturated carbocycles. The molecule has 1 heterocycles. The quantitative estimate of drug-likeness (QED) is 0.305. The van der Waals surface area contributed by atoms with Crippen LogP contribution < -0.4 is 19.5 Å². The fraction of sp³-hybridized carbons (Fsp3) is 0.120. The Morgan fingerprint density at radius 3 is 2.17 bits per heavy atom. The Labute approximate surface area is 202 Å². The SMILES string of the molecule is COc1ccc(/C(O)=C2/C(=O)C(=O)N(c3ccc(S(N)(=O)=O)cc3)C2c2ccccc2)c(OC)c1. The molecule has 0 aliphatic carbocycles. The van der Waals surface area contributed by atoms with E-state index in [1.165, 1.54) is 49.5 Å². The van der Waals surface area contributed by atoms with Crippen molar-refractivity contribution in [3.63, 3.8) is 0 Å². The summed E-state index contributed by atoms with van der Waals surface area (Å²) < 4.78 is 33.9. The number of benzene rings is 3. The standard InChI is InChI=1S/C25H22N2O7S/c1-33-17-10-13-19(20(14-17)34-2)23(28)21-22(15-6-4-3-5-7-15)27(25(30)24(21)29)16-8-11-18(12-9-16)35(26,31)32/h3-14,22,28H,1-2H3,(H2,26,31,32)/b23-21-. The van der Waals surface area contributed by atoms with Crippen LogP contribution >= 0.6 is 0 Å². The number of nitrogens with two attached hydrogens (primary N) is 1. The number of ether oxygens (including phenoxy) is 2. The number of aliphatic hydroxyl groups excluding tert-OH is 1. The lowest BCUT2D eigenvalue weighted by Gasteiger charge is -2.25. The fourth-order valence-corrected chi connectivity index (χ4v) is 4.50. The molecule has 1 amide bonds. The predicted octanol–water partition coefficient (Wildman–Crippen LogP) is 2.98. The summed E-state index contributed by atoms with van der Waals surface area (Å²) in [6.45, 7) is 0. The van der Waals surface area contributed by atoms with Gasteiger partial charge in [0.05, 0.1) is 36.3 Å². The number of carbonyl (C=O) groups excluding carboxylic acids is 2. The van der Waals surface area contributed by atoms with E-state index < -0.39 is 33.5 Å². The number of primary sulfonamides is 1. The van der Waals surface area contributed by atoms with Crippen LogP contribution in [-0.2, 0) is 19.6 Å². The number of sulfonamides is 1. The maximum Gasteiger partial charge on any atom is 0.300 e. The van der Waals surface area contributed by atoms with Crippen LogP contribution in [0.25, 0.3) is 5.76 Å². The molecule has 35 heavy (non-hydrogen) atoms. The average molecular weight is 495 g/mol. The first-order valence-corrected chi connectivity index (χ1v) is 11.9. The second-order valence-electron chi connectivity index (χ2n) is 7.68. The molecule has 0 radical (unpaired) electrons. The molecule has 0 aromatic heterocycles. The van der Waals surface area contributed by atoms with Gasteiger partial charge in [0, 0.05) is 11.8 Å². The van der Waals surface area contributed by atoms with E-state index in [2.05, 4.69) is 0 Å². The summed E-state index contributed by atoms with van der Waals surface area (Å²) >= 11 is 0. The van der Waals surface area contributed by atoms with E-state index in [-0.39, 0.29) is 27.5 Å². The van der Waals surface area contributed by atoms with Crippen LogP contribution in [0.4, 0.5) is 5.69 Å². The second kappa shape index (κ2) is 9.24. The van der Waals surface area contributed by atoms with Gasteiger partial charge < -0.3 is 14.6 Å². The van der Waals surface area contributed by atoms with Crippen LogP contribution in [0, 0.1) is 0 Å². The summed E-state index contributed by atoms with van der Waals surface area (Å²) in [5, 5.41) is 16.5. The van der Waals surface area contributed by atoms with E-state index in [4.69, 9.17) is 14.6 Å². The highest BCUT2D eigenvalue weighted by Gasteiger charge is 2.47. The molecular formula is C25H22N2O7S. The zero-order valence-corrected chi connectivity index (χ0v) is 19.7. The fourth-order valence-electron chi connectivity index (χ4n) is 3.99. The van der Waals surface area contributed by atoms with Crippen LogP contribution in [0.2, 0.25) is 0 Å². The molecular weight excluding hydrogens is 472 g/mol. The molecule has 4 rings (SSSR count). The number of carbonyl (C=O) groups is 2.